The molecular weight excluding hydrogens is 252 g/mol. The van der Waals surface area contributed by atoms with E-state index in [1.165, 1.54) is 10.5 Å². The lowest BCUT2D eigenvalue weighted by atomic mass is 9.81. The number of hydrogen-bond donors (Lipinski definition) is 1. The van der Waals surface area contributed by atoms with E-state index in [-0.39, 0.29) is 5.41 Å². The summed E-state index contributed by atoms with van der Waals surface area (Å²) in [5, 5.41) is 9.05. The number of benzene rings is 1. The summed E-state index contributed by atoms with van der Waals surface area (Å²) in [7, 11) is 0. The third-order valence-corrected chi connectivity index (χ3v) is 3.89. The van der Waals surface area contributed by atoms with Crippen LogP contribution in [0.15, 0.2) is 30.3 Å². The molecule has 1 aliphatic heterocycles. The Bertz CT molecular complexity index is 445. The fourth-order valence-corrected chi connectivity index (χ4v) is 3.07. The molecule has 1 saturated heterocycles. The normalized spacial score (nSPS) is 18.9. The molecule has 0 saturated carbocycles. The molecule has 4 heteroatoms. The van der Waals surface area contributed by atoms with E-state index in [0.717, 1.165) is 13.1 Å². The van der Waals surface area contributed by atoms with Crippen molar-refractivity contribution in [1.82, 2.24) is 9.80 Å². The van der Waals surface area contributed by atoms with Crippen molar-refractivity contribution in [2.24, 2.45) is 5.41 Å². The van der Waals surface area contributed by atoms with E-state index in [1.54, 1.807) is 0 Å². The van der Waals surface area contributed by atoms with E-state index in [9.17, 15) is 4.79 Å². The molecule has 1 aromatic carbocycles. The van der Waals surface area contributed by atoms with E-state index in [1.807, 2.05) is 6.07 Å². The van der Waals surface area contributed by atoms with E-state index < -0.39 is 6.09 Å². The summed E-state index contributed by atoms with van der Waals surface area (Å²) in [5.41, 5.74) is 1.43. The van der Waals surface area contributed by atoms with Crippen LogP contribution in [0.4, 0.5) is 4.79 Å². The summed E-state index contributed by atoms with van der Waals surface area (Å²) in [6.45, 7) is 9.51. The molecular formula is C16H24N2O2. The van der Waals surface area contributed by atoms with Crippen LogP contribution in [0.3, 0.4) is 0 Å². The molecule has 1 amide bonds. The molecule has 0 aromatic heterocycles. The number of carboxylic acid groups (broad SMARTS) is 1. The predicted octanol–water partition coefficient (Wildman–Crippen LogP) is 3.07. The summed E-state index contributed by atoms with van der Waals surface area (Å²) >= 11 is 0. The van der Waals surface area contributed by atoms with Crippen molar-refractivity contribution in [3.8, 4) is 0 Å². The maximum absolute atomic E-state index is 11.0. The predicted molar refractivity (Wildman–Crippen MR) is 79.8 cm³/mol. The highest BCUT2D eigenvalue weighted by molar-refractivity contribution is 5.65. The average molecular weight is 276 g/mol. The second-order valence-corrected chi connectivity index (χ2v) is 6.48. The maximum Gasteiger partial charge on any atom is 0.407 e. The second-order valence-electron chi connectivity index (χ2n) is 6.48. The zero-order valence-corrected chi connectivity index (χ0v) is 12.5. The van der Waals surface area contributed by atoms with Gasteiger partial charge in [0.15, 0.2) is 0 Å². The third kappa shape index (κ3) is 3.31. The van der Waals surface area contributed by atoms with Gasteiger partial charge in [-0.3, -0.25) is 4.90 Å². The Kier molecular flexibility index (Phi) is 4.33. The van der Waals surface area contributed by atoms with Gasteiger partial charge in [0.05, 0.1) is 0 Å². The minimum absolute atomic E-state index is 0.118. The van der Waals surface area contributed by atoms with Crippen LogP contribution in [0.5, 0.6) is 0 Å². The monoisotopic (exact) mass is 276 g/mol. The topological polar surface area (TPSA) is 43.8 Å². The second kappa shape index (κ2) is 5.83. The molecule has 0 spiro atoms. The molecule has 1 unspecified atom stereocenters. The zero-order chi connectivity index (χ0) is 14.8. The standard InChI is InChI=1S/C16H24N2O2/c1-16(2,3)14(13-7-5-4-6-8-13)17-9-11-18(12-10-17)15(19)20/h4-8,14H,9-12H2,1-3H3,(H,19,20). The van der Waals surface area contributed by atoms with Crippen LogP contribution in [0.25, 0.3) is 0 Å². The molecule has 0 bridgehead atoms. The highest BCUT2D eigenvalue weighted by atomic mass is 16.4. The Morgan fingerprint density at radius 2 is 1.65 bits per heavy atom. The fourth-order valence-electron chi connectivity index (χ4n) is 3.07. The molecule has 1 aliphatic rings. The van der Waals surface area contributed by atoms with E-state index in [4.69, 9.17) is 5.11 Å². The van der Waals surface area contributed by atoms with Gasteiger partial charge >= 0.3 is 6.09 Å². The van der Waals surface area contributed by atoms with Crippen molar-refractivity contribution in [3.63, 3.8) is 0 Å². The molecule has 110 valence electrons. The summed E-state index contributed by atoms with van der Waals surface area (Å²) < 4.78 is 0. The van der Waals surface area contributed by atoms with Crippen LogP contribution in [0.1, 0.15) is 32.4 Å². The van der Waals surface area contributed by atoms with Gasteiger partial charge in [-0.05, 0) is 11.0 Å². The molecule has 20 heavy (non-hydrogen) atoms. The van der Waals surface area contributed by atoms with Gasteiger partial charge in [0, 0.05) is 32.2 Å². The lowest BCUT2D eigenvalue weighted by molar-refractivity contribution is 0.0452. The molecule has 1 heterocycles. The number of rotatable bonds is 2. The summed E-state index contributed by atoms with van der Waals surface area (Å²) in [6.07, 6.45) is -0.809. The number of amides is 1. The molecule has 1 atom stereocenters. The maximum atomic E-state index is 11.0. The van der Waals surface area contributed by atoms with E-state index in [0.29, 0.717) is 19.1 Å². The first-order valence-electron chi connectivity index (χ1n) is 7.16. The van der Waals surface area contributed by atoms with Crippen molar-refractivity contribution < 1.29 is 9.90 Å². The summed E-state index contributed by atoms with van der Waals surface area (Å²) in [6, 6.07) is 10.8. The van der Waals surface area contributed by atoms with Gasteiger partial charge in [0.2, 0.25) is 0 Å². The number of hydrogen-bond acceptors (Lipinski definition) is 2. The highest BCUT2D eigenvalue weighted by Gasteiger charge is 2.34. The first kappa shape index (κ1) is 14.9. The van der Waals surface area contributed by atoms with Crippen molar-refractivity contribution >= 4 is 6.09 Å². The van der Waals surface area contributed by atoms with E-state index in [2.05, 4.69) is 49.9 Å². The minimum atomic E-state index is -0.809. The molecule has 4 nitrogen and oxygen atoms in total. The largest absolute Gasteiger partial charge is 0.465 e. The summed E-state index contributed by atoms with van der Waals surface area (Å²) in [5.74, 6) is 0. The Balaban J connectivity index is 2.16. The van der Waals surface area contributed by atoms with Gasteiger partial charge in [-0.2, -0.15) is 0 Å². The SMILES string of the molecule is CC(C)(C)C(c1ccccc1)N1CCN(C(=O)O)CC1. The quantitative estimate of drug-likeness (QED) is 0.902. The first-order valence-corrected chi connectivity index (χ1v) is 7.16. The van der Waals surface area contributed by atoms with Gasteiger partial charge < -0.3 is 10.0 Å². The van der Waals surface area contributed by atoms with Crippen LogP contribution in [-0.4, -0.2) is 47.2 Å². The Hall–Kier alpha value is -1.55. The smallest absolute Gasteiger partial charge is 0.407 e. The first-order chi connectivity index (χ1) is 9.39. The third-order valence-electron chi connectivity index (χ3n) is 3.89. The van der Waals surface area contributed by atoms with Crippen LogP contribution < -0.4 is 0 Å². The molecule has 0 radical (unpaired) electrons. The molecule has 1 fully saturated rings. The fraction of sp³-hybridized carbons (Fsp3) is 0.562. The number of carbonyl (C=O) groups is 1. The van der Waals surface area contributed by atoms with Crippen LogP contribution in [0.2, 0.25) is 0 Å². The zero-order valence-electron chi connectivity index (χ0n) is 12.5. The van der Waals surface area contributed by atoms with Gasteiger partial charge in [-0.15, -0.1) is 0 Å². The Morgan fingerprint density at radius 1 is 1.10 bits per heavy atom. The van der Waals surface area contributed by atoms with Gasteiger partial charge in [-0.25, -0.2) is 4.79 Å². The Morgan fingerprint density at radius 3 is 2.10 bits per heavy atom. The van der Waals surface area contributed by atoms with Crippen LogP contribution in [0, 0.1) is 5.41 Å². The number of piperazine rings is 1. The van der Waals surface area contributed by atoms with Gasteiger partial charge in [0.25, 0.3) is 0 Å². The molecule has 1 N–H and O–H groups in total. The lowest BCUT2D eigenvalue weighted by Crippen LogP contribution is -2.51. The average Bonchev–Trinajstić information content (AvgIpc) is 2.39. The van der Waals surface area contributed by atoms with Crippen molar-refractivity contribution in [1.29, 1.82) is 0 Å². The van der Waals surface area contributed by atoms with Gasteiger partial charge in [-0.1, -0.05) is 51.1 Å². The summed E-state index contributed by atoms with van der Waals surface area (Å²) in [4.78, 5) is 14.9. The molecule has 2 rings (SSSR count). The molecule has 0 aliphatic carbocycles. The highest BCUT2D eigenvalue weighted by Crippen LogP contribution is 2.38. The van der Waals surface area contributed by atoms with Gasteiger partial charge in [0.1, 0.15) is 0 Å². The van der Waals surface area contributed by atoms with E-state index >= 15 is 0 Å². The van der Waals surface area contributed by atoms with Crippen LogP contribution in [-0.2, 0) is 0 Å². The van der Waals surface area contributed by atoms with Crippen LogP contribution >= 0.6 is 0 Å². The van der Waals surface area contributed by atoms with Crippen molar-refractivity contribution in [2.45, 2.75) is 26.8 Å². The van der Waals surface area contributed by atoms with Crippen molar-refractivity contribution in [3.05, 3.63) is 35.9 Å². The minimum Gasteiger partial charge on any atom is -0.465 e. The Labute approximate surface area is 121 Å². The lowest BCUT2D eigenvalue weighted by Gasteiger charge is -2.44. The van der Waals surface area contributed by atoms with Crippen molar-refractivity contribution in [2.75, 3.05) is 26.2 Å². The molecule has 1 aromatic rings. The number of nitrogens with zero attached hydrogens (tertiary/aromatic N) is 2.